The Morgan fingerprint density at radius 2 is 2.12 bits per heavy atom. The van der Waals surface area contributed by atoms with Crippen molar-refractivity contribution in [2.75, 3.05) is 7.11 Å². The number of methoxy groups -OCH3 is 1. The van der Waals surface area contributed by atoms with E-state index in [1.807, 2.05) is 26.1 Å². The van der Waals surface area contributed by atoms with Crippen LogP contribution in [0.25, 0.3) is 5.69 Å². The Hall–Kier alpha value is -1.68. The highest BCUT2D eigenvalue weighted by atomic mass is 19.1. The first-order valence-corrected chi connectivity index (χ1v) is 5.43. The molecular weight excluding hydrogens is 219 g/mol. The van der Waals surface area contributed by atoms with Crippen molar-refractivity contribution in [2.45, 2.75) is 20.5 Å². The summed E-state index contributed by atoms with van der Waals surface area (Å²) in [5.74, 6) is -0.290. The van der Waals surface area contributed by atoms with Gasteiger partial charge in [0.25, 0.3) is 0 Å². The highest BCUT2D eigenvalue weighted by Crippen LogP contribution is 2.20. The number of nitrogens with zero attached hydrogens (tertiary/aromatic N) is 2. The number of hydrogen-bond acceptors (Lipinski definition) is 2. The monoisotopic (exact) mass is 234 g/mol. The summed E-state index contributed by atoms with van der Waals surface area (Å²) < 4.78 is 20.5. The number of para-hydroxylation sites is 1. The van der Waals surface area contributed by atoms with E-state index < -0.39 is 0 Å². The molecule has 0 saturated heterocycles. The van der Waals surface area contributed by atoms with Crippen LogP contribution in [0.2, 0.25) is 0 Å². The molecule has 3 nitrogen and oxygen atoms in total. The summed E-state index contributed by atoms with van der Waals surface area (Å²) in [5.41, 5.74) is 3.19. The number of rotatable bonds is 3. The van der Waals surface area contributed by atoms with Crippen LogP contribution in [0, 0.1) is 19.7 Å². The lowest BCUT2D eigenvalue weighted by molar-refractivity contribution is 0.184. The molecule has 0 N–H and O–H groups in total. The van der Waals surface area contributed by atoms with Crippen molar-refractivity contribution in [3.8, 4) is 5.69 Å². The summed E-state index contributed by atoms with van der Waals surface area (Å²) in [6.07, 6.45) is 1.83. The predicted molar refractivity (Wildman–Crippen MR) is 63.7 cm³/mol. The van der Waals surface area contributed by atoms with E-state index in [1.165, 1.54) is 6.07 Å². The van der Waals surface area contributed by atoms with Gasteiger partial charge in [-0.3, -0.25) is 0 Å². The van der Waals surface area contributed by atoms with Gasteiger partial charge in [-0.05, 0) is 25.5 Å². The van der Waals surface area contributed by atoms with Crippen LogP contribution in [0.15, 0.2) is 24.4 Å². The largest absolute Gasteiger partial charge is 0.380 e. The standard InChI is InChI=1S/C13H15FN2O/c1-9-7-16(15-10(9)2)13-11(8-17-3)5-4-6-12(13)14/h4-7H,8H2,1-3H3. The lowest BCUT2D eigenvalue weighted by Gasteiger charge is -2.09. The van der Waals surface area contributed by atoms with Crippen molar-refractivity contribution >= 4 is 0 Å². The van der Waals surface area contributed by atoms with Crippen molar-refractivity contribution in [3.63, 3.8) is 0 Å². The topological polar surface area (TPSA) is 27.1 Å². The molecule has 0 fully saturated rings. The van der Waals surface area contributed by atoms with Crippen molar-refractivity contribution in [3.05, 3.63) is 47.0 Å². The van der Waals surface area contributed by atoms with Crippen molar-refractivity contribution in [1.82, 2.24) is 9.78 Å². The van der Waals surface area contributed by atoms with Crippen LogP contribution in [0.1, 0.15) is 16.8 Å². The van der Waals surface area contributed by atoms with Gasteiger partial charge in [0.2, 0.25) is 0 Å². The van der Waals surface area contributed by atoms with Crippen molar-refractivity contribution < 1.29 is 9.13 Å². The number of ether oxygens (including phenoxy) is 1. The lowest BCUT2D eigenvalue weighted by Crippen LogP contribution is -2.04. The average Bonchev–Trinajstić information content (AvgIpc) is 2.59. The molecule has 0 aliphatic heterocycles. The normalized spacial score (nSPS) is 10.8. The van der Waals surface area contributed by atoms with E-state index in [4.69, 9.17) is 4.74 Å². The summed E-state index contributed by atoms with van der Waals surface area (Å²) in [4.78, 5) is 0. The van der Waals surface area contributed by atoms with E-state index in [0.717, 1.165) is 16.8 Å². The summed E-state index contributed by atoms with van der Waals surface area (Å²) in [6, 6.07) is 4.95. The van der Waals surface area contributed by atoms with Crippen LogP contribution in [-0.4, -0.2) is 16.9 Å². The third kappa shape index (κ3) is 2.22. The molecule has 0 saturated carbocycles. The molecule has 2 aromatic rings. The fraction of sp³-hybridized carbons (Fsp3) is 0.308. The first-order chi connectivity index (χ1) is 8.13. The van der Waals surface area contributed by atoms with Crippen LogP contribution >= 0.6 is 0 Å². The molecule has 0 spiro atoms. The second kappa shape index (κ2) is 4.67. The third-order valence-corrected chi connectivity index (χ3v) is 2.74. The molecule has 1 aromatic heterocycles. The van der Waals surface area contributed by atoms with Gasteiger partial charge < -0.3 is 4.74 Å². The molecular formula is C13H15FN2O. The first kappa shape index (κ1) is 11.8. The Bertz CT molecular complexity index is 515. The summed E-state index contributed by atoms with van der Waals surface area (Å²) in [7, 11) is 1.59. The van der Waals surface area contributed by atoms with E-state index in [-0.39, 0.29) is 5.82 Å². The van der Waals surface area contributed by atoms with Gasteiger partial charge in [-0.15, -0.1) is 0 Å². The van der Waals surface area contributed by atoms with Gasteiger partial charge in [-0.2, -0.15) is 5.10 Å². The fourth-order valence-corrected chi connectivity index (χ4v) is 1.75. The molecule has 0 atom stereocenters. The van der Waals surface area contributed by atoms with Crippen molar-refractivity contribution in [2.24, 2.45) is 0 Å². The maximum absolute atomic E-state index is 13.9. The molecule has 2 rings (SSSR count). The van der Waals surface area contributed by atoms with Gasteiger partial charge in [0, 0.05) is 18.9 Å². The second-order valence-corrected chi connectivity index (χ2v) is 4.02. The van der Waals surface area contributed by atoms with Gasteiger partial charge in [0.05, 0.1) is 12.3 Å². The number of aryl methyl sites for hydroxylation is 2. The Morgan fingerprint density at radius 3 is 2.71 bits per heavy atom. The maximum atomic E-state index is 13.9. The van der Waals surface area contributed by atoms with Crippen molar-refractivity contribution in [1.29, 1.82) is 0 Å². The molecule has 0 unspecified atom stereocenters. The van der Waals surface area contributed by atoms with E-state index in [0.29, 0.717) is 12.3 Å². The Morgan fingerprint density at radius 1 is 1.35 bits per heavy atom. The van der Waals surface area contributed by atoms with E-state index in [9.17, 15) is 4.39 Å². The minimum atomic E-state index is -0.290. The Balaban J connectivity index is 2.56. The Labute approximate surface area is 99.8 Å². The van der Waals surface area contributed by atoms with Gasteiger partial charge in [-0.1, -0.05) is 12.1 Å². The van der Waals surface area contributed by atoms with E-state index in [1.54, 1.807) is 17.9 Å². The van der Waals surface area contributed by atoms with E-state index >= 15 is 0 Å². The molecule has 1 aromatic carbocycles. The zero-order chi connectivity index (χ0) is 12.4. The number of halogens is 1. The molecule has 0 bridgehead atoms. The summed E-state index contributed by atoms with van der Waals surface area (Å²) in [5, 5.41) is 4.31. The Kier molecular flexibility index (Phi) is 3.24. The molecule has 1 heterocycles. The first-order valence-electron chi connectivity index (χ1n) is 5.43. The van der Waals surface area contributed by atoms with Crippen LogP contribution in [0.3, 0.4) is 0 Å². The van der Waals surface area contributed by atoms with Crippen LogP contribution in [0.4, 0.5) is 4.39 Å². The molecule has 0 aliphatic carbocycles. The zero-order valence-electron chi connectivity index (χ0n) is 10.2. The second-order valence-electron chi connectivity index (χ2n) is 4.02. The smallest absolute Gasteiger partial charge is 0.149 e. The molecule has 0 amide bonds. The quantitative estimate of drug-likeness (QED) is 0.816. The number of benzene rings is 1. The van der Waals surface area contributed by atoms with Gasteiger partial charge >= 0.3 is 0 Å². The van der Waals surface area contributed by atoms with Gasteiger partial charge in [0.15, 0.2) is 0 Å². The molecule has 0 aliphatic rings. The minimum Gasteiger partial charge on any atom is -0.380 e. The zero-order valence-corrected chi connectivity index (χ0v) is 10.2. The highest BCUT2D eigenvalue weighted by Gasteiger charge is 2.12. The summed E-state index contributed by atoms with van der Waals surface area (Å²) >= 11 is 0. The molecule has 90 valence electrons. The molecule has 17 heavy (non-hydrogen) atoms. The maximum Gasteiger partial charge on any atom is 0.149 e. The highest BCUT2D eigenvalue weighted by molar-refractivity contribution is 5.42. The minimum absolute atomic E-state index is 0.290. The lowest BCUT2D eigenvalue weighted by atomic mass is 10.2. The predicted octanol–water partition coefficient (Wildman–Crippen LogP) is 2.77. The average molecular weight is 234 g/mol. The number of aromatic nitrogens is 2. The fourth-order valence-electron chi connectivity index (χ4n) is 1.75. The van der Waals surface area contributed by atoms with Gasteiger partial charge in [0.1, 0.15) is 11.5 Å². The molecule has 4 heteroatoms. The molecule has 0 radical (unpaired) electrons. The van der Waals surface area contributed by atoms with E-state index in [2.05, 4.69) is 5.10 Å². The summed E-state index contributed by atoms with van der Waals surface area (Å²) in [6.45, 7) is 4.23. The van der Waals surface area contributed by atoms with Crippen LogP contribution < -0.4 is 0 Å². The van der Waals surface area contributed by atoms with Gasteiger partial charge in [-0.25, -0.2) is 9.07 Å². The number of hydrogen-bond donors (Lipinski definition) is 0. The van der Waals surface area contributed by atoms with Crippen LogP contribution in [0.5, 0.6) is 0 Å². The SMILES string of the molecule is COCc1cccc(F)c1-n1cc(C)c(C)n1. The van der Waals surface area contributed by atoms with Crippen LogP contribution in [-0.2, 0) is 11.3 Å². The third-order valence-electron chi connectivity index (χ3n) is 2.74.